The zero-order chi connectivity index (χ0) is 14.3. The summed E-state index contributed by atoms with van der Waals surface area (Å²) < 4.78 is 1.10. The molecule has 108 valence electrons. The van der Waals surface area contributed by atoms with E-state index in [-0.39, 0.29) is 6.03 Å². The molecular weight excluding hydrogens is 328 g/mol. The van der Waals surface area contributed by atoms with E-state index in [9.17, 15) is 9.90 Å². The quantitative estimate of drug-likeness (QED) is 0.709. The zero-order valence-corrected chi connectivity index (χ0v) is 13.7. The van der Waals surface area contributed by atoms with Crippen LogP contribution in [0.4, 0.5) is 4.79 Å². The molecule has 1 atom stereocenters. The maximum Gasteiger partial charge on any atom is 0.314 e. The molecule has 0 bridgehead atoms. The largest absolute Gasteiger partial charge is 0.391 e. The number of hydrogen-bond donors (Lipinski definition) is 3. The third-order valence-corrected chi connectivity index (χ3v) is 4.21. The van der Waals surface area contributed by atoms with Crippen LogP contribution in [0.25, 0.3) is 0 Å². The molecule has 0 aliphatic rings. The predicted octanol–water partition coefficient (Wildman–Crippen LogP) is 2.76. The van der Waals surface area contributed by atoms with Gasteiger partial charge in [-0.2, -0.15) is 0 Å². The molecule has 1 aromatic heterocycles. The fourth-order valence-electron chi connectivity index (χ4n) is 1.69. The fourth-order valence-corrected chi connectivity index (χ4v) is 3.17. The van der Waals surface area contributed by atoms with Crippen LogP contribution in [0.5, 0.6) is 0 Å². The van der Waals surface area contributed by atoms with Crippen LogP contribution in [-0.2, 0) is 6.42 Å². The Morgan fingerprint density at radius 2 is 2.16 bits per heavy atom. The molecule has 2 amide bonds. The first-order chi connectivity index (χ1) is 8.97. The molecule has 0 aromatic carbocycles. The number of thiophene rings is 1. The number of carbonyl (C=O) groups is 1. The lowest BCUT2D eigenvalue weighted by Crippen LogP contribution is -2.40. The van der Waals surface area contributed by atoms with Gasteiger partial charge in [0, 0.05) is 18.0 Å². The van der Waals surface area contributed by atoms with Gasteiger partial charge in [-0.1, -0.05) is 13.8 Å². The lowest BCUT2D eigenvalue weighted by atomic mass is 10.1. The molecule has 0 aliphatic carbocycles. The highest BCUT2D eigenvalue weighted by Crippen LogP contribution is 2.21. The van der Waals surface area contributed by atoms with Gasteiger partial charge in [0.05, 0.1) is 9.89 Å². The van der Waals surface area contributed by atoms with Crippen molar-refractivity contribution in [3.05, 3.63) is 20.8 Å². The molecule has 3 N–H and O–H groups in total. The van der Waals surface area contributed by atoms with Crippen LogP contribution >= 0.6 is 27.3 Å². The van der Waals surface area contributed by atoms with E-state index in [1.807, 2.05) is 26.0 Å². The lowest BCUT2D eigenvalue weighted by Gasteiger charge is -2.14. The number of halogens is 1. The topological polar surface area (TPSA) is 61.4 Å². The Labute approximate surface area is 126 Å². The molecule has 0 saturated carbocycles. The fraction of sp³-hybridized carbons (Fsp3) is 0.615. The summed E-state index contributed by atoms with van der Waals surface area (Å²) in [6.07, 6.45) is 1.04. The van der Waals surface area contributed by atoms with E-state index in [1.54, 1.807) is 11.3 Å². The molecule has 1 aromatic rings. The molecule has 19 heavy (non-hydrogen) atoms. The third kappa shape index (κ3) is 7.54. The summed E-state index contributed by atoms with van der Waals surface area (Å²) in [4.78, 5) is 12.7. The van der Waals surface area contributed by atoms with E-state index >= 15 is 0 Å². The summed E-state index contributed by atoms with van der Waals surface area (Å²) in [7, 11) is 0. The standard InChI is InChI=1S/C13H21BrN2O2S/c1-9(2)7-10(17)8-16-13(18)15-6-5-11-3-4-12(14)19-11/h3-4,9-10,17H,5-8H2,1-2H3,(H2,15,16,18). The normalized spacial score (nSPS) is 12.5. The average molecular weight is 349 g/mol. The van der Waals surface area contributed by atoms with E-state index in [1.165, 1.54) is 4.88 Å². The second-order valence-electron chi connectivity index (χ2n) is 4.88. The Kier molecular flexibility index (Phi) is 7.41. The van der Waals surface area contributed by atoms with Gasteiger partial charge in [-0.15, -0.1) is 11.3 Å². The van der Waals surface area contributed by atoms with Gasteiger partial charge in [-0.25, -0.2) is 4.79 Å². The average Bonchev–Trinajstić information content (AvgIpc) is 2.71. The van der Waals surface area contributed by atoms with Crippen molar-refractivity contribution in [3.8, 4) is 0 Å². The van der Waals surface area contributed by atoms with Crippen molar-refractivity contribution in [2.24, 2.45) is 5.92 Å². The highest BCUT2D eigenvalue weighted by Gasteiger charge is 2.08. The second kappa shape index (κ2) is 8.55. The number of aliphatic hydroxyl groups excluding tert-OH is 1. The van der Waals surface area contributed by atoms with Crippen LogP contribution in [0, 0.1) is 5.92 Å². The van der Waals surface area contributed by atoms with Crippen molar-refractivity contribution < 1.29 is 9.90 Å². The van der Waals surface area contributed by atoms with Gasteiger partial charge >= 0.3 is 6.03 Å². The van der Waals surface area contributed by atoms with E-state index in [2.05, 4.69) is 26.6 Å². The van der Waals surface area contributed by atoms with Crippen LogP contribution in [0.2, 0.25) is 0 Å². The van der Waals surface area contributed by atoms with Crippen molar-refractivity contribution in [1.29, 1.82) is 0 Å². The Morgan fingerprint density at radius 1 is 1.42 bits per heavy atom. The van der Waals surface area contributed by atoms with E-state index in [4.69, 9.17) is 0 Å². The second-order valence-corrected chi connectivity index (χ2v) is 7.42. The molecular formula is C13H21BrN2O2S. The predicted molar refractivity (Wildman–Crippen MR) is 82.6 cm³/mol. The highest BCUT2D eigenvalue weighted by molar-refractivity contribution is 9.11. The van der Waals surface area contributed by atoms with Crippen LogP contribution in [-0.4, -0.2) is 30.3 Å². The van der Waals surface area contributed by atoms with E-state index in [0.29, 0.717) is 25.4 Å². The van der Waals surface area contributed by atoms with Crippen molar-refractivity contribution >= 4 is 33.3 Å². The number of urea groups is 1. The number of rotatable bonds is 7. The van der Waals surface area contributed by atoms with Gasteiger partial charge in [-0.3, -0.25) is 0 Å². The number of aliphatic hydroxyl groups is 1. The number of nitrogens with one attached hydrogen (secondary N) is 2. The van der Waals surface area contributed by atoms with Crippen molar-refractivity contribution in [2.45, 2.75) is 32.8 Å². The minimum atomic E-state index is -0.473. The lowest BCUT2D eigenvalue weighted by molar-refractivity contribution is 0.147. The molecule has 0 fully saturated rings. The van der Waals surface area contributed by atoms with Gasteiger partial charge < -0.3 is 15.7 Å². The van der Waals surface area contributed by atoms with Crippen LogP contribution < -0.4 is 10.6 Å². The van der Waals surface area contributed by atoms with Crippen molar-refractivity contribution in [1.82, 2.24) is 10.6 Å². The first kappa shape index (κ1) is 16.5. The maximum absolute atomic E-state index is 11.5. The van der Waals surface area contributed by atoms with E-state index in [0.717, 1.165) is 10.2 Å². The third-order valence-electron chi connectivity index (χ3n) is 2.53. The van der Waals surface area contributed by atoms with Crippen LogP contribution in [0.3, 0.4) is 0 Å². The van der Waals surface area contributed by atoms with Gasteiger partial charge in [0.2, 0.25) is 0 Å². The van der Waals surface area contributed by atoms with Crippen molar-refractivity contribution in [3.63, 3.8) is 0 Å². The number of carbonyl (C=O) groups excluding carboxylic acids is 1. The first-order valence-corrected chi connectivity index (χ1v) is 8.02. The SMILES string of the molecule is CC(C)CC(O)CNC(=O)NCCc1ccc(Br)s1. The van der Waals surface area contributed by atoms with Crippen LogP contribution in [0.1, 0.15) is 25.1 Å². The maximum atomic E-state index is 11.5. The number of hydrogen-bond acceptors (Lipinski definition) is 3. The molecule has 1 unspecified atom stereocenters. The van der Waals surface area contributed by atoms with E-state index < -0.39 is 6.10 Å². The minimum absolute atomic E-state index is 0.224. The van der Waals surface area contributed by atoms with Gasteiger partial charge in [0.25, 0.3) is 0 Å². The minimum Gasteiger partial charge on any atom is -0.391 e. The first-order valence-electron chi connectivity index (χ1n) is 6.41. The summed E-state index contributed by atoms with van der Waals surface area (Å²) in [6, 6.07) is 3.82. The molecule has 1 heterocycles. The summed E-state index contributed by atoms with van der Waals surface area (Å²) in [5.74, 6) is 0.428. The summed E-state index contributed by atoms with van der Waals surface area (Å²) in [5.41, 5.74) is 0. The molecule has 0 saturated heterocycles. The Balaban J connectivity index is 2.11. The van der Waals surface area contributed by atoms with Gasteiger partial charge in [-0.05, 0) is 46.8 Å². The Bertz CT molecular complexity index is 396. The van der Waals surface area contributed by atoms with Crippen LogP contribution in [0.15, 0.2) is 15.9 Å². The number of amides is 2. The molecule has 6 heteroatoms. The van der Waals surface area contributed by atoms with Gasteiger partial charge in [0.1, 0.15) is 0 Å². The molecule has 0 aliphatic heterocycles. The molecule has 0 spiro atoms. The molecule has 0 radical (unpaired) electrons. The smallest absolute Gasteiger partial charge is 0.314 e. The van der Waals surface area contributed by atoms with Crippen molar-refractivity contribution in [2.75, 3.05) is 13.1 Å². The summed E-state index contributed by atoms with van der Waals surface area (Å²) in [6.45, 7) is 4.98. The Morgan fingerprint density at radius 3 is 2.74 bits per heavy atom. The zero-order valence-electron chi connectivity index (χ0n) is 11.3. The van der Waals surface area contributed by atoms with Gasteiger partial charge in [0.15, 0.2) is 0 Å². The molecule has 1 rings (SSSR count). The molecule has 4 nitrogen and oxygen atoms in total. The summed E-state index contributed by atoms with van der Waals surface area (Å²) in [5, 5.41) is 15.1. The summed E-state index contributed by atoms with van der Waals surface area (Å²) >= 11 is 5.07. The Hall–Kier alpha value is -0.590. The highest BCUT2D eigenvalue weighted by atomic mass is 79.9. The monoisotopic (exact) mass is 348 g/mol.